The third-order valence-corrected chi connectivity index (χ3v) is 4.68. The lowest BCUT2D eigenvalue weighted by Crippen LogP contribution is -2.34. The van der Waals surface area contributed by atoms with Crippen molar-refractivity contribution in [2.75, 3.05) is 13.1 Å². The van der Waals surface area contributed by atoms with E-state index in [4.69, 9.17) is 0 Å². The van der Waals surface area contributed by atoms with E-state index in [1.54, 1.807) is 18.4 Å². The molecule has 1 aromatic heterocycles. The van der Waals surface area contributed by atoms with Crippen molar-refractivity contribution in [3.63, 3.8) is 0 Å². The smallest absolute Gasteiger partial charge is 0.250 e. The van der Waals surface area contributed by atoms with Gasteiger partial charge < -0.3 is 5.32 Å². The molecular formula is C9H14N2O3S2. The summed E-state index contributed by atoms with van der Waals surface area (Å²) in [5.41, 5.74) is 0. The van der Waals surface area contributed by atoms with Crippen LogP contribution < -0.4 is 10.0 Å². The molecule has 1 rings (SSSR count). The number of carbonyl (C=O) groups is 1. The van der Waals surface area contributed by atoms with Crippen molar-refractivity contribution >= 4 is 27.3 Å². The lowest BCUT2D eigenvalue weighted by molar-refractivity contribution is -0.120. The van der Waals surface area contributed by atoms with E-state index < -0.39 is 10.0 Å². The largest absolute Gasteiger partial charge is 0.355 e. The van der Waals surface area contributed by atoms with Gasteiger partial charge in [-0.25, -0.2) is 13.1 Å². The first-order chi connectivity index (χ1) is 7.56. The summed E-state index contributed by atoms with van der Waals surface area (Å²) in [6.45, 7) is 2.24. The Balaban J connectivity index is 2.36. The maximum absolute atomic E-state index is 11.6. The summed E-state index contributed by atoms with van der Waals surface area (Å²) in [5, 5.41) is 4.29. The van der Waals surface area contributed by atoms with Gasteiger partial charge in [0.2, 0.25) is 15.9 Å². The summed E-state index contributed by atoms with van der Waals surface area (Å²) in [6.07, 6.45) is 0.400. The van der Waals surface area contributed by atoms with Crippen molar-refractivity contribution in [3.05, 3.63) is 17.5 Å². The van der Waals surface area contributed by atoms with Gasteiger partial charge in [0.05, 0.1) is 0 Å². The standard InChI is InChI=1S/C9H14N2O3S2/c1-2-8(12)10-5-6-11-16(13,14)9-4-3-7-15-9/h3-4,7,11H,2,5-6H2,1H3,(H,10,12). The van der Waals surface area contributed by atoms with Crippen LogP contribution in [0.25, 0.3) is 0 Å². The predicted octanol–water partition coefficient (Wildman–Crippen LogP) is 0.553. The first kappa shape index (κ1) is 13.1. The molecule has 2 N–H and O–H groups in total. The number of amides is 1. The van der Waals surface area contributed by atoms with Gasteiger partial charge in [0.15, 0.2) is 0 Å². The van der Waals surface area contributed by atoms with Gasteiger partial charge in [-0.15, -0.1) is 11.3 Å². The molecule has 0 saturated heterocycles. The normalized spacial score (nSPS) is 11.3. The maximum atomic E-state index is 11.6. The highest BCUT2D eigenvalue weighted by molar-refractivity contribution is 7.91. The number of hydrogen-bond donors (Lipinski definition) is 2. The Kier molecular flexibility index (Phi) is 4.91. The second-order valence-electron chi connectivity index (χ2n) is 3.03. The quantitative estimate of drug-likeness (QED) is 0.735. The van der Waals surface area contributed by atoms with Crippen molar-refractivity contribution in [3.8, 4) is 0 Å². The van der Waals surface area contributed by atoms with Crippen LogP contribution in [-0.2, 0) is 14.8 Å². The molecule has 0 atom stereocenters. The monoisotopic (exact) mass is 262 g/mol. The molecule has 7 heteroatoms. The minimum Gasteiger partial charge on any atom is -0.355 e. The highest BCUT2D eigenvalue weighted by Gasteiger charge is 2.13. The molecule has 1 aromatic rings. The molecule has 0 unspecified atom stereocenters. The minimum atomic E-state index is -3.40. The van der Waals surface area contributed by atoms with E-state index in [1.807, 2.05) is 0 Å². The summed E-state index contributed by atoms with van der Waals surface area (Å²) >= 11 is 1.16. The Morgan fingerprint density at radius 2 is 2.19 bits per heavy atom. The van der Waals surface area contributed by atoms with E-state index in [-0.39, 0.29) is 16.7 Å². The molecule has 0 aliphatic heterocycles. The molecular weight excluding hydrogens is 248 g/mol. The average Bonchev–Trinajstić information content (AvgIpc) is 2.78. The first-order valence-electron chi connectivity index (χ1n) is 4.86. The fourth-order valence-electron chi connectivity index (χ4n) is 1.000. The SMILES string of the molecule is CCC(=O)NCCNS(=O)(=O)c1cccs1. The van der Waals surface area contributed by atoms with Crippen LogP contribution in [0.1, 0.15) is 13.3 Å². The third-order valence-electron chi connectivity index (χ3n) is 1.82. The van der Waals surface area contributed by atoms with Crippen molar-refractivity contribution in [2.45, 2.75) is 17.6 Å². The fourth-order valence-corrected chi connectivity index (χ4v) is 3.07. The molecule has 0 fully saturated rings. The van der Waals surface area contributed by atoms with Crippen LogP contribution in [0.2, 0.25) is 0 Å². The average molecular weight is 262 g/mol. The Morgan fingerprint density at radius 1 is 1.44 bits per heavy atom. The van der Waals surface area contributed by atoms with Gasteiger partial charge in [-0.3, -0.25) is 4.79 Å². The van der Waals surface area contributed by atoms with Gasteiger partial charge in [-0.05, 0) is 11.4 Å². The number of thiophene rings is 1. The number of rotatable bonds is 6. The van der Waals surface area contributed by atoms with Gasteiger partial charge in [-0.2, -0.15) is 0 Å². The molecule has 1 heterocycles. The second-order valence-corrected chi connectivity index (χ2v) is 5.97. The molecule has 0 aliphatic carbocycles. The molecule has 0 radical (unpaired) electrons. The van der Waals surface area contributed by atoms with E-state index >= 15 is 0 Å². The van der Waals surface area contributed by atoms with E-state index in [9.17, 15) is 13.2 Å². The molecule has 5 nitrogen and oxygen atoms in total. The Morgan fingerprint density at radius 3 is 2.75 bits per heavy atom. The van der Waals surface area contributed by atoms with Crippen LogP contribution in [0.15, 0.2) is 21.7 Å². The summed E-state index contributed by atoms with van der Waals surface area (Å²) in [7, 11) is -3.40. The highest BCUT2D eigenvalue weighted by atomic mass is 32.2. The fraction of sp³-hybridized carbons (Fsp3) is 0.444. The van der Waals surface area contributed by atoms with E-state index in [0.717, 1.165) is 11.3 Å². The highest BCUT2D eigenvalue weighted by Crippen LogP contribution is 2.14. The molecule has 0 saturated carbocycles. The zero-order chi connectivity index (χ0) is 12.0. The minimum absolute atomic E-state index is 0.0877. The number of carbonyl (C=O) groups excluding carboxylic acids is 1. The summed E-state index contributed by atoms with van der Waals surface area (Å²) in [5.74, 6) is -0.0877. The van der Waals surface area contributed by atoms with Crippen LogP contribution in [0.3, 0.4) is 0 Å². The Labute approximate surface area is 98.9 Å². The second kappa shape index (κ2) is 5.97. The molecule has 90 valence electrons. The molecule has 1 amide bonds. The van der Waals surface area contributed by atoms with Crippen LogP contribution in [-0.4, -0.2) is 27.4 Å². The van der Waals surface area contributed by atoms with Crippen LogP contribution in [0.5, 0.6) is 0 Å². The molecule has 0 aromatic carbocycles. The van der Waals surface area contributed by atoms with Gasteiger partial charge in [-0.1, -0.05) is 13.0 Å². The zero-order valence-corrected chi connectivity index (χ0v) is 10.5. The number of hydrogen-bond acceptors (Lipinski definition) is 4. The third kappa shape index (κ3) is 3.92. The number of sulfonamides is 1. The summed E-state index contributed by atoms with van der Waals surface area (Å²) in [6, 6.07) is 3.22. The van der Waals surface area contributed by atoms with Gasteiger partial charge in [0.25, 0.3) is 0 Å². The first-order valence-corrected chi connectivity index (χ1v) is 7.22. The van der Waals surface area contributed by atoms with Crippen LogP contribution in [0.4, 0.5) is 0 Å². The molecule has 0 aliphatic rings. The Bertz CT molecular complexity index is 426. The lowest BCUT2D eigenvalue weighted by atomic mass is 10.4. The van der Waals surface area contributed by atoms with Gasteiger partial charge in [0.1, 0.15) is 4.21 Å². The summed E-state index contributed by atoms with van der Waals surface area (Å²) in [4.78, 5) is 10.9. The van der Waals surface area contributed by atoms with Crippen LogP contribution >= 0.6 is 11.3 Å². The van der Waals surface area contributed by atoms with E-state index in [2.05, 4.69) is 10.0 Å². The van der Waals surface area contributed by atoms with Crippen LogP contribution in [0, 0.1) is 0 Å². The number of nitrogens with one attached hydrogen (secondary N) is 2. The lowest BCUT2D eigenvalue weighted by Gasteiger charge is -2.05. The molecule has 0 spiro atoms. The molecule has 0 bridgehead atoms. The molecule has 16 heavy (non-hydrogen) atoms. The van der Waals surface area contributed by atoms with E-state index in [0.29, 0.717) is 13.0 Å². The van der Waals surface area contributed by atoms with Gasteiger partial charge >= 0.3 is 0 Å². The maximum Gasteiger partial charge on any atom is 0.250 e. The van der Waals surface area contributed by atoms with Crippen molar-refractivity contribution < 1.29 is 13.2 Å². The van der Waals surface area contributed by atoms with Crippen molar-refractivity contribution in [1.29, 1.82) is 0 Å². The van der Waals surface area contributed by atoms with E-state index in [1.165, 1.54) is 6.07 Å². The predicted molar refractivity (Wildman–Crippen MR) is 62.8 cm³/mol. The summed E-state index contributed by atoms with van der Waals surface area (Å²) < 4.78 is 25.9. The zero-order valence-electron chi connectivity index (χ0n) is 8.89. The van der Waals surface area contributed by atoms with Gasteiger partial charge in [0, 0.05) is 19.5 Å². The van der Waals surface area contributed by atoms with Crippen molar-refractivity contribution in [1.82, 2.24) is 10.0 Å². The Hall–Kier alpha value is -0.920. The van der Waals surface area contributed by atoms with Crippen molar-refractivity contribution in [2.24, 2.45) is 0 Å². The topological polar surface area (TPSA) is 75.3 Å².